The Bertz CT molecular complexity index is 658. The second-order valence-corrected chi connectivity index (χ2v) is 8.75. The molecule has 1 fully saturated rings. The summed E-state index contributed by atoms with van der Waals surface area (Å²) in [5.74, 6) is 1.40. The van der Waals surface area contributed by atoms with Crippen molar-refractivity contribution in [1.29, 1.82) is 0 Å². The van der Waals surface area contributed by atoms with Crippen LogP contribution in [0.2, 0.25) is 0 Å². The summed E-state index contributed by atoms with van der Waals surface area (Å²) >= 11 is 0. The summed E-state index contributed by atoms with van der Waals surface area (Å²) in [7, 11) is 1.70. The van der Waals surface area contributed by atoms with Crippen LogP contribution < -0.4 is 4.74 Å². The summed E-state index contributed by atoms with van der Waals surface area (Å²) < 4.78 is 10.8. The molecule has 0 saturated heterocycles. The summed E-state index contributed by atoms with van der Waals surface area (Å²) in [5, 5.41) is 9.83. The predicted molar refractivity (Wildman–Crippen MR) is 116 cm³/mol. The van der Waals surface area contributed by atoms with E-state index in [9.17, 15) is 9.90 Å². The third-order valence-corrected chi connectivity index (χ3v) is 6.30. The molecule has 0 bridgehead atoms. The lowest BCUT2D eigenvalue weighted by molar-refractivity contribution is -0.142. The smallest absolute Gasteiger partial charge is 0.302 e. The van der Waals surface area contributed by atoms with E-state index >= 15 is 0 Å². The van der Waals surface area contributed by atoms with Gasteiger partial charge in [0, 0.05) is 26.1 Å². The van der Waals surface area contributed by atoms with Crippen LogP contribution in [0.25, 0.3) is 0 Å². The highest BCUT2D eigenvalue weighted by atomic mass is 16.5. The van der Waals surface area contributed by atoms with Gasteiger partial charge in [0.1, 0.15) is 12.4 Å². The third-order valence-electron chi connectivity index (χ3n) is 6.30. The van der Waals surface area contributed by atoms with E-state index in [1.165, 1.54) is 30.9 Å². The quantitative estimate of drug-likeness (QED) is 0.504. The van der Waals surface area contributed by atoms with Crippen LogP contribution in [0.1, 0.15) is 64.5 Å². The van der Waals surface area contributed by atoms with E-state index in [0.717, 1.165) is 37.6 Å². The number of ether oxygens (including phenoxy) is 2. The van der Waals surface area contributed by atoms with Gasteiger partial charge >= 0.3 is 5.97 Å². The van der Waals surface area contributed by atoms with Gasteiger partial charge in [0.2, 0.25) is 0 Å². The van der Waals surface area contributed by atoms with E-state index in [1.54, 1.807) is 7.11 Å². The van der Waals surface area contributed by atoms with E-state index in [0.29, 0.717) is 13.0 Å². The molecule has 29 heavy (non-hydrogen) atoms. The lowest BCUT2D eigenvalue weighted by Gasteiger charge is -2.36. The highest BCUT2D eigenvalue weighted by molar-refractivity contribution is 5.65. The Labute approximate surface area is 176 Å². The minimum atomic E-state index is -0.225. The first-order valence-electron chi connectivity index (χ1n) is 11.0. The van der Waals surface area contributed by atoms with E-state index in [-0.39, 0.29) is 24.0 Å². The van der Waals surface area contributed by atoms with Crippen LogP contribution in [-0.4, -0.2) is 55.4 Å². The van der Waals surface area contributed by atoms with Gasteiger partial charge in [-0.05, 0) is 80.2 Å². The first-order valence-corrected chi connectivity index (χ1v) is 11.0. The number of carbonyl (C=O) groups is 1. The van der Waals surface area contributed by atoms with Crippen molar-refractivity contribution in [3.8, 4) is 5.75 Å². The maximum absolute atomic E-state index is 11.2. The molecule has 0 spiro atoms. The van der Waals surface area contributed by atoms with Crippen molar-refractivity contribution in [2.24, 2.45) is 5.92 Å². The van der Waals surface area contributed by atoms with E-state index in [1.807, 2.05) is 6.07 Å². The summed E-state index contributed by atoms with van der Waals surface area (Å²) in [4.78, 5) is 13.7. The number of benzene rings is 1. The monoisotopic (exact) mass is 405 g/mol. The van der Waals surface area contributed by atoms with Crippen molar-refractivity contribution in [2.45, 2.75) is 71.3 Å². The first kappa shape index (κ1) is 23.7. The minimum Gasteiger partial charge on any atom is -0.497 e. The zero-order chi connectivity index (χ0) is 21.4. The SMILES string of the molecule is CCc1ccc(OC)cc1C(C)(CCO)CCN(CC1CC1)C(C)COC(C)=O. The summed E-state index contributed by atoms with van der Waals surface area (Å²) in [6, 6.07) is 6.49. The van der Waals surface area contributed by atoms with Crippen LogP contribution in [0.5, 0.6) is 5.75 Å². The second-order valence-electron chi connectivity index (χ2n) is 8.75. The van der Waals surface area contributed by atoms with Crippen molar-refractivity contribution < 1.29 is 19.4 Å². The topological polar surface area (TPSA) is 59.0 Å². The van der Waals surface area contributed by atoms with Gasteiger partial charge in [-0.25, -0.2) is 0 Å². The number of rotatable bonds is 13. The van der Waals surface area contributed by atoms with Crippen LogP contribution in [0.4, 0.5) is 0 Å². The molecule has 1 saturated carbocycles. The maximum atomic E-state index is 11.2. The van der Waals surface area contributed by atoms with Gasteiger partial charge < -0.3 is 14.6 Å². The molecule has 0 heterocycles. The molecule has 5 heteroatoms. The van der Waals surface area contributed by atoms with Crippen molar-refractivity contribution in [3.63, 3.8) is 0 Å². The van der Waals surface area contributed by atoms with Crippen LogP contribution in [0.15, 0.2) is 18.2 Å². The molecule has 1 aromatic rings. The van der Waals surface area contributed by atoms with E-state index in [2.05, 4.69) is 37.8 Å². The summed E-state index contributed by atoms with van der Waals surface area (Å²) in [6.07, 6.45) is 5.18. The van der Waals surface area contributed by atoms with Crippen LogP contribution in [0, 0.1) is 5.92 Å². The molecule has 1 N–H and O–H groups in total. The molecule has 1 aliphatic rings. The molecule has 0 amide bonds. The van der Waals surface area contributed by atoms with Gasteiger partial charge in [-0.3, -0.25) is 9.69 Å². The zero-order valence-electron chi connectivity index (χ0n) is 18.9. The van der Waals surface area contributed by atoms with Crippen LogP contribution in [-0.2, 0) is 21.4 Å². The molecule has 1 aliphatic carbocycles. The fraction of sp³-hybridized carbons (Fsp3) is 0.708. The Morgan fingerprint density at radius 2 is 2.07 bits per heavy atom. The van der Waals surface area contributed by atoms with Crippen molar-refractivity contribution >= 4 is 5.97 Å². The van der Waals surface area contributed by atoms with Crippen molar-refractivity contribution in [2.75, 3.05) is 33.4 Å². The van der Waals surface area contributed by atoms with E-state index in [4.69, 9.17) is 9.47 Å². The molecule has 164 valence electrons. The largest absolute Gasteiger partial charge is 0.497 e. The first-order chi connectivity index (χ1) is 13.8. The number of carbonyl (C=O) groups excluding carboxylic acids is 1. The highest BCUT2D eigenvalue weighted by Gasteiger charge is 2.32. The molecular formula is C24H39NO4. The standard InChI is InChI=1S/C24H39NO4/c1-6-21-9-10-22(28-5)15-23(21)24(4,12-14-26)11-13-25(16-20-7-8-20)18(2)17-29-19(3)27/h9-10,15,18,20,26H,6-8,11-14,16-17H2,1-5H3. The predicted octanol–water partition coefficient (Wildman–Crippen LogP) is 3.95. The average Bonchev–Trinajstić information content (AvgIpc) is 3.53. The Morgan fingerprint density at radius 1 is 1.34 bits per heavy atom. The number of methoxy groups -OCH3 is 1. The van der Waals surface area contributed by atoms with Gasteiger partial charge in [-0.1, -0.05) is 19.9 Å². The van der Waals surface area contributed by atoms with Crippen LogP contribution in [0.3, 0.4) is 0 Å². The van der Waals surface area contributed by atoms with E-state index < -0.39 is 0 Å². The summed E-state index contributed by atoms with van der Waals surface area (Å²) in [5.41, 5.74) is 2.44. The Kier molecular flexibility index (Phi) is 8.97. The lowest BCUT2D eigenvalue weighted by Crippen LogP contribution is -2.41. The van der Waals surface area contributed by atoms with Crippen molar-refractivity contribution in [3.05, 3.63) is 29.3 Å². The number of aliphatic hydroxyl groups is 1. The molecular weight excluding hydrogens is 366 g/mol. The highest BCUT2D eigenvalue weighted by Crippen LogP contribution is 2.37. The number of aliphatic hydroxyl groups excluding tert-OH is 1. The number of hydrogen-bond acceptors (Lipinski definition) is 5. The number of aryl methyl sites for hydroxylation is 1. The molecule has 1 aromatic carbocycles. The normalized spacial score (nSPS) is 17.1. The second kappa shape index (κ2) is 11.0. The summed E-state index contributed by atoms with van der Waals surface area (Å²) in [6.45, 7) is 10.6. The van der Waals surface area contributed by atoms with Crippen molar-refractivity contribution in [1.82, 2.24) is 4.90 Å². The van der Waals surface area contributed by atoms with Gasteiger partial charge in [0.05, 0.1) is 7.11 Å². The Hall–Kier alpha value is -1.59. The lowest BCUT2D eigenvalue weighted by atomic mass is 9.74. The Balaban J connectivity index is 2.19. The molecule has 0 aliphatic heterocycles. The molecule has 2 atom stereocenters. The van der Waals surface area contributed by atoms with Gasteiger partial charge in [0.15, 0.2) is 0 Å². The molecule has 0 radical (unpaired) electrons. The number of nitrogens with zero attached hydrogens (tertiary/aromatic N) is 1. The average molecular weight is 406 g/mol. The van der Waals surface area contributed by atoms with Gasteiger partial charge in [-0.2, -0.15) is 0 Å². The molecule has 2 unspecified atom stereocenters. The fourth-order valence-corrected chi connectivity index (χ4v) is 4.05. The molecule has 2 rings (SSSR count). The fourth-order valence-electron chi connectivity index (χ4n) is 4.05. The molecule has 5 nitrogen and oxygen atoms in total. The zero-order valence-corrected chi connectivity index (χ0v) is 18.9. The minimum absolute atomic E-state index is 0.141. The third kappa shape index (κ3) is 7.00. The number of esters is 1. The maximum Gasteiger partial charge on any atom is 0.302 e. The number of hydrogen-bond donors (Lipinski definition) is 1. The van der Waals surface area contributed by atoms with Gasteiger partial charge in [0.25, 0.3) is 0 Å². The Morgan fingerprint density at radius 3 is 2.62 bits per heavy atom. The van der Waals surface area contributed by atoms with Crippen LogP contribution >= 0.6 is 0 Å². The molecule has 0 aromatic heterocycles. The van der Waals surface area contributed by atoms with Gasteiger partial charge in [-0.15, -0.1) is 0 Å².